The number of benzene rings is 1. The summed E-state index contributed by atoms with van der Waals surface area (Å²) in [6, 6.07) is 5.52. The third-order valence-corrected chi connectivity index (χ3v) is 2.78. The summed E-state index contributed by atoms with van der Waals surface area (Å²) < 4.78 is 0.862. The molecular formula is C12H8BrNO3. The van der Waals surface area contributed by atoms with Crippen LogP contribution < -0.4 is 0 Å². The first-order valence-corrected chi connectivity index (χ1v) is 5.59. The van der Waals surface area contributed by atoms with Crippen molar-refractivity contribution in [2.24, 2.45) is 0 Å². The molecule has 0 fully saturated rings. The number of nitrogens with one attached hydrogen (secondary N) is 1. The maximum atomic E-state index is 11.8. The summed E-state index contributed by atoms with van der Waals surface area (Å²) in [5.41, 5.74) is 1.29. The summed E-state index contributed by atoms with van der Waals surface area (Å²) in [6.45, 7) is 0. The smallest absolute Gasteiger partial charge is 0.328 e. The van der Waals surface area contributed by atoms with E-state index in [1.807, 2.05) is 18.2 Å². The summed E-state index contributed by atoms with van der Waals surface area (Å²) in [4.78, 5) is 25.0. The Bertz CT molecular complexity index is 628. The van der Waals surface area contributed by atoms with Crippen LogP contribution in [0.3, 0.4) is 0 Å². The molecule has 17 heavy (non-hydrogen) atoms. The Kier molecular flexibility index (Phi) is 3.10. The molecule has 2 rings (SSSR count). The molecule has 0 aliphatic carbocycles. The largest absolute Gasteiger partial charge is 0.478 e. The molecule has 0 bridgehead atoms. The third-order valence-electron chi connectivity index (χ3n) is 2.29. The Morgan fingerprint density at radius 2 is 2.06 bits per heavy atom. The first kappa shape index (κ1) is 11.6. The number of ketones is 1. The first-order chi connectivity index (χ1) is 8.08. The lowest BCUT2D eigenvalue weighted by Crippen LogP contribution is -1.95. The number of rotatable bonds is 3. The van der Waals surface area contributed by atoms with Gasteiger partial charge in [-0.15, -0.1) is 0 Å². The number of carboxylic acid groups (broad SMARTS) is 1. The minimum Gasteiger partial charge on any atom is -0.478 e. The van der Waals surface area contributed by atoms with Crippen LogP contribution in [0, 0.1) is 0 Å². The monoisotopic (exact) mass is 293 g/mol. The fraction of sp³-hybridized carbons (Fsp3) is 0. The number of H-pyrrole nitrogens is 1. The normalized spacial score (nSPS) is 11.1. The molecule has 2 N–H and O–H groups in total. The molecule has 86 valence electrons. The fourth-order valence-corrected chi connectivity index (χ4v) is 1.89. The molecule has 0 unspecified atom stereocenters. The summed E-state index contributed by atoms with van der Waals surface area (Å²) in [6.07, 6.45) is 3.45. The molecule has 0 saturated heterocycles. The van der Waals surface area contributed by atoms with E-state index in [1.54, 1.807) is 6.20 Å². The Morgan fingerprint density at radius 1 is 1.29 bits per heavy atom. The van der Waals surface area contributed by atoms with Gasteiger partial charge in [-0.25, -0.2) is 4.79 Å². The number of fused-ring (bicyclic) bond motifs is 1. The van der Waals surface area contributed by atoms with Crippen molar-refractivity contribution in [2.45, 2.75) is 0 Å². The molecule has 0 spiro atoms. The van der Waals surface area contributed by atoms with Crippen LogP contribution >= 0.6 is 15.9 Å². The summed E-state index contributed by atoms with van der Waals surface area (Å²) >= 11 is 3.33. The molecule has 0 saturated carbocycles. The van der Waals surface area contributed by atoms with E-state index < -0.39 is 5.97 Å². The van der Waals surface area contributed by atoms with Crippen molar-refractivity contribution >= 4 is 38.6 Å². The predicted molar refractivity (Wildman–Crippen MR) is 67.1 cm³/mol. The highest BCUT2D eigenvalue weighted by Gasteiger charge is 2.09. The van der Waals surface area contributed by atoms with Gasteiger partial charge in [-0.2, -0.15) is 0 Å². The van der Waals surface area contributed by atoms with E-state index in [1.165, 1.54) is 0 Å². The van der Waals surface area contributed by atoms with Crippen molar-refractivity contribution in [3.8, 4) is 0 Å². The molecule has 0 radical (unpaired) electrons. The van der Waals surface area contributed by atoms with Crippen LogP contribution in [0.15, 0.2) is 41.0 Å². The molecule has 0 amide bonds. The zero-order valence-corrected chi connectivity index (χ0v) is 10.2. The average Bonchev–Trinajstić information content (AvgIpc) is 2.68. The summed E-state index contributed by atoms with van der Waals surface area (Å²) in [7, 11) is 0. The quantitative estimate of drug-likeness (QED) is 0.675. The number of hydrogen-bond donors (Lipinski definition) is 2. The number of carbonyl (C=O) groups excluding carboxylic acids is 1. The number of carboxylic acids is 1. The minimum absolute atomic E-state index is 0.336. The molecule has 2 aromatic rings. The summed E-state index contributed by atoms with van der Waals surface area (Å²) in [5.74, 6) is -1.48. The average molecular weight is 294 g/mol. The number of carbonyl (C=O) groups is 2. The van der Waals surface area contributed by atoms with Gasteiger partial charge >= 0.3 is 5.97 Å². The van der Waals surface area contributed by atoms with Crippen molar-refractivity contribution < 1.29 is 14.7 Å². The molecule has 0 atom stereocenters. The molecule has 0 aliphatic heterocycles. The van der Waals surface area contributed by atoms with E-state index in [4.69, 9.17) is 5.11 Å². The second kappa shape index (κ2) is 4.55. The lowest BCUT2D eigenvalue weighted by Gasteiger charge is -1.94. The van der Waals surface area contributed by atoms with E-state index in [-0.39, 0.29) is 5.78 Å². The van der Waals surface area contributed by atoms with Crippen LogP contribution in [-0.4, -0.2) is 21.8 Å². The van der Waals surface area contributed by atoms with E-state index in [0.29, 0.717) is 5.56 Å². The van der Waals surface area contributed by atoms with E-state index >= 15 is 0 Å². The Hall–Kier alpha value is -1.88. The highest BCUT2D eigenvalue weighted by molar-refractivity contribution is 9.10. The van der Waals surface area contributed by atoms with Gasteiger partial charge in [0.2, 0.25) is 0 Å². The minimum atomic E-state index is -1.14. The van der Waals surface area contributed by atoms with Gasteiger partial charge in [0, 0.05) is 33.2 Å². The van der Waals surface area contributed by atoms with Gasteiger partial charge in [-0.05, 0) is 24.3 Å². The van der Waals surface area contributed by atoms with Gasteiger partial charge in [0.05, 0.1) is 0 Å². The van der Waals surface area contributed by atoms with Crippen LogP contribution in [0.4, 0.5) is 0 Å². The van der Waals surface area contributed by atoms with E-state index in [2.05, 4.69) is 20.9 Å². The molecule has 5 heteroatoms. The first-order valence-electron chi connectivity index (χ1n) is 4.80. The SMILES string of the molecule is O=C(O)C=CC(=O)c1c[nH]c2ccc(Br)cc12. The van der Waals surface area contributed by atoms with E-state index in [9.17, 15) is 9.59 Å². The highest BCUT2D eigenvalue weighted by Crippen LogP contribution is 2.23. The number of aromatic amines is 1. The van der Waals surface area contributed by atoms with Gasteiger partial charge in [0.1, 0.15) is 0 Å². The van der Waals surface area contributed by atoms with Crippen LogP contribution in [0.1, 0.15) is 10.4 Å². The zero-order chi connectivity index (χ0) is 12.4. The number of aliphatic carboxylic acids is 1. The van der Waals surface area contributed by atoms with Gasteiger partial charge in [-0.1, -0.05) is 15.9 Å². The number of allylic oxidation sites excluding steroid dienone is 1. The van der Waals surface area contributed by atoms with Crippen LogP contribution in [-0.2, 0) is 4.79 Å². The maximum absolute atomic E-state index is 11.8. The van der Waals surface area contributed by atoms with Gasteiger partial charge in [-0.3, -0.25) is 4.79 Å². The molecule has 4 nitrogen and oxygen atoms in total. The second-order valence-electron chi connectivity index (χ2n) is 3.43. The molecule has 0 aliphatic rings. The molecular weight excluding hydrogens is 286 g/mol. The van der Waals surface area contributed by atoms with Crippen LogP contribution in [0.5, 0.6) is 0 Å². The predicted octanol–water partition coefficient (Wildman–Crippen LogP) is 2.75. The maximum Gasteiger partial charge on any atom is 0.328 e. The topological polar surface area (TPSA) is 70.2 Å². The third kappa shape index (κ3) is 2.45. The number of halogens is 1. The van der Waals surface area contributed by atoms with E-state index in [0.717, 1.165) is 27.5 Å². The fourth-order valence-electron chi connectivity index (χ4n) is 1.53. The lowest BCUT2D eigenvalue weighted by atomic mass is 10.1. The van der Waals surface area contributed by atoms with Crippen molar-refractivity contribution in [1.82, 2.24) is 4.98 Å². The molecule has 1 heterocycles. The Balaban J connectivity index is 2.45. The zero-order valence-electron chi connectivity index (χ0n) is 8.61. The lowest BCUT2D eigenvalue weighted by molar-refractivity contribution is -0.131. The van der Waals surface area contributed by atoms with Gasteiger partial charge in [0.25, 0.3) is 0 Å². The van der Waals surface area contributed by atoms with Crippen molar-refractivity contribution in [1.29, 1.82) is 0 Å². The highest BCUT2D eigenvalue weighted by atomic mass is 79.9. The number of aromatic nitrogens is 1. The number of hydrogen-bond acceptors (Lipinski definition) is 2. The van der Waals surface area contributed by atoms with Gasteiger partial charge in [0.15, 0.2) is 5.78 Å². The molecule has 1 aromatic heterocycles. The van der Waals surface area contributed by atoms with Crippen molar-refractivity contribution in [3.05, 3.63) is 46.6 Å². The summed E-state index contributed by atoms with van der Waals surface area (Å²) in [5, 5.41) is 9.23. The molecule has 1 aromatic carbocycles. The van der Waals surface area contributed by atoms with Crippen LogP contribution in [0.25, 0.3) is 10.9 Å². The standard InChI is InChI=1S/C12H8BrNO3/c13-7-1-2-10-8(5-7)9(6-14-10)11(15)3-4-12(16)17/h1-6,14H,(H,16,17). The van der Waals surface area contributed by atoms with Crippen LogP contribution in [0.2, 0.25) is 0 Å². The Labute approximate surface area is 105 Å². The Morgan fingerprint density at radius 3 is 2.76 bits per heavy atom. The second-order valence-corrected chi connectivity index (χ2v) is 4.34. The van der Waals surface area contributed by atoms with Gasteiger partial charge < -0.3 is 10.1 Å². The van der Waals surface area contributed by atoms with Crippen molar-refractivity contribution in [2.75, 3.05) is 0 Å². The van der Waals surface area contributed by atoms with Crippen molar-refractivity contribution in [3.63, 3.8) is 0 Å².